The first-order chi connectivity index (χ1) is 17.6. The van der Waals surface area contributed by atoms with Crippen molar-refractivity contribution in [1.29, 1.82) is 0 Å². The van der Waals surface area contributed by atoms with Crippen LogP contribution in [0, 0.1) is 0 Å². The monoisotopic (exact) mass is 499 g/mol. The van der Waals surface area contributed by atoms with Crippen molar-refractivity contribution in [3.8, 4) is 34.5 Å². The van der Waals surface area contributed by atoms with Crippen molar-refractivity contribution in [3.05, 3.63) is 83.9 Å². The lowest BCUT2D eigenvalue weighted by Crippen LogP contribution is -2.28. The van der Waals surface area contributed by atoms with Gasteiger partial charge in [-0.25, -0.2) is 4.98 Å². The largest absolute Gasteiger partial charge is 0.497 e. The van der Waals surface area contributed by atoms with Crippen LogP contribution < -0.4 is 19.1 Å². The highest BCUT2D eigenvalue weighted by Crippen LogP contribution is 2.44. The van der Waals surface area contributed by atoms with E-state index in [4.69, 9.17) is 24.2 Å². The fraction of sp³-hybridized carbons (Fsp3) is 0.179. The molecule has 4 aromatic rings. The number of para-hydroxylation sites is 2. The molecule has 1 aromatic heterocycles. The highest BCUT2D eigenvalue weighted by atomic mass is 32.2. The van der Waals surface area contributed by atoms with Crippen LogP contribution in [0.3, 0.4) is 0 Å². The van der Waals surface area contributed by atoms with Gasteiger partial charge in [0.25, 0.3) is 0 Å². The van der Waals surface area contributed by atoms with E-state index >= 15 is 0 Å². The van der Waals surface area contributed by atoms with Gasteiger partial charge in [-0.2, -0.15) is 4.98 Å². The Morgan fingerprint density at radius 1 is 0.972 bits per heavy atom. The summed E-state index contributed by atoms with van der Waals surface area (Å²) in [6.07, 6.45) is 0.579. The van der Waals surface area contributed by atoms with Gasteiger partial charge in [0, 0.05) is 30.3 Å². The molecule has 0 N–H and O–H groups in total. The number of ether oxygens (including phenoxy) is 3. The molecule has 0 fully saturated rings. The number of thioether (sulfide) groups is 1. The number of methoxy groups -OCH3 is 2. The van der Waals surface area contributed by atoms with Crippen LogP contribution in [0.4, 0.5) is 5.69 Å². The minimum atomic E-state index is -0.0247. The zero-order valence-corrected chi connectivity index (χ0v) is 21.0. The molecule has 0 bridgehead atoms. The van der Waals surface area contributed by atoms with E-state index in [1.165, 1.54) is 11.8 Å². The summed E-state index contributed by atoms with van der Waals surface area (Å²) in [7, 11) is 5.02. The number of fused-ring (bicyclic) bond motifs is 2. The normalized spacial score (nSPS) is 11.6. The van der Waals surface area contributed by atoms with Gasteiger partial charge in [-0.15, -0.1) is 0 Å². The Labute approximate surface area is 214 Å². The van der Waals surface area contributed by atoms with Crippen LogP contribution in [0.15, 0.2) is 77.8 Å². The predicted molar refractivity (Wildman–Crippen MR) is 140 cm³/mol. The smallest absolute Gasteiger partial charge is 0.237 e. The van der Waals surface area contributed by atoms with E-state index in [1.54, 1.807) is 26.2 Å². The van der Waals surface area contributed by atoms with Gasteiger partial charge in [0.1, 0.15) is 10.8 Å². The van der Waals surface area contributed by atoms with E-state index in [-0.39, 0.29) is 11.7 Å². The summed E-state index contributed by atoms with van der Waals surface area (Å²) in [6, 6.07) is 22.9. The standard InChI is InChI=1S/C28H25N3O4S/c1-31(20-9-5-4-6-10-20)24(32)17-36-28-22-16-19-8-7-11-23(34-3)25(19)35-27(22)29-26(30-28)18-12-14-21(33-2)15-13-18/h4-15H,16-17H2,1-3H3. The summed E-state index contributed by atoms with van der Waals surface area (Å²) in [5.74, 6) is 3.24. The van der Waals surface area contributed by atoms with Crippen LogP contribution in [0.2, 0.25) is 0 Å². The van der Waals surface area contributed by atoms with E-state index in [0.29, 0.717) is 34.7 Å². The third-order valence-corrected chi connectivity index (χ3v) is 6.98. The lowest BCUT2D eigenvalue weighted by Gasteiger charge is -2.23. The van der Waals surface area contributed by atoms with Crippen LogP contribution >= 0.6 is 11.8 Å². The van der Waals surface area contributed by atoms with E-state index in [2.05, 4.69) is 0 Å². The van der Waals surface area contributed by atoms with E-state index < -0.39 is 0 Å². The molecule has 1 aliphatic rings. The summed E-state index contributed by atoms with van der Waals surface area (Å²) < 4.78 is 17.1. The zero-order chi connectivity index (χ0) is 25.1. The minimum Gasteiger partial charge on any atom is -0.497 e. The van der Waals surface area contributed by atoms with Gasteiger partial charge in [0.05, 0.1) is 25.5 Å². The van der Waals surface area contributed by atoms with Crippen LogP contribution in [-0.2, 0) is 11.2 Å². The first kappa shape index (κ1) is 23.7. The second-order valence-electron chi connectivity index (χ2n) is 8.17. The number of carbonyl (C=O) groups is 1. The van der Waals surface area contributed by atoms with Gasteiger partial charge >= 0.3 is 0 Å². The number of benzene rings is 3. The Hall–Kier alpha value is -4.04. The fourth-order valence-electron chi connectivity index (χ4n) is 3.95. The summed E-state index contributed by atoms with van der Waals surface area (Å²) in [5.41, 5.74) is 3.50. The molecule has 1 aliphatic heterocycles. The number of rotatable bonds is 7. The average Bonchev–Trinajstić information content (AvgIpc) is 2.94. The number of anilines is 1. The third-order valence-electron chi connectivity index (χ3n) is 5.98. The topological polar surface area (TPSA) is 73.8 Å². The Kier molecular flexibility index (Phi) is 6.77. The molecule has 0 spiro atoms. The Bertz CT molecular complexity index is 1390. The van der Waals surface area contributed by atoms with Crippen molar-refractivity contribution in [1.82, 2.24) is 9.97 Å². The lowest BCUT2D eigenvalue weighted by molar-refractivity contribution is -0.115. The number of hydrogen-bond acceptors (Lipinski definition) is 7. The summed E-state index contributed by atoms with van der Waals surface area (Å²) in [5, 5.41) is 0.717. The van der Waals surface area contributed by atoms with Crippen molar-refractivity contribution < 1.29 is 19.0 Å². The molecule has 36 heavy (non-hydrogen) atoms. The predicted octanol–water partition coefficient (Wildman–Crippen LogP) is 5.61. The highest BCUT2D eigenvalue weighted by molar-refractivity contribution is 8.00. The second kappa shape index (κ2) is 10.3. The maximum absolute atomic E-state index is 13.0. The highest BCUT2D eigenvalue weighted by Gasteiger charge is 2.27. The molecule has 8 heteroatoms. The van der Waals surface area contributed by atoms with E-state index in [0.717, 1.165) is 28.1 Å². The molecule has 182 valence electrons. The van der Waals surface area contributed by atoms with Crippen molar-refractivity contribution in [2.24, 2.45) is 0 Å². The summed E-state index contributed by atoms with van der Waals surface area (Å²) in [4.78, 5) is 24.3. The van der Waals surface area contributed by atoms with Gasteiger partial charge in [0.15, 0.2) is 17.3 Å². The second-order valence-corrected chi connectivity index (χ2v) is 9.13. The zero-order valence-electron chi connectivity index (χ0n) is 20.2. The number of amides is 1. The van der Waals surface area contributed by atoms with Gasteiger partial charge in [-0.1, -0.05) is 42.1 Å². The van der Waals surface area contributed by atoms with Gasteiger partial charge in [0.2, 0.25) is 11.8 Å². The number of aromatic nitrogens is 2. The van der Waals surface area contributed by atoms with Crippen LogP contribution in [-0.4, -0.2) is 42.9 Å². The minimum absolute atomic E-state index is 0.0247. The molecule has 0 saturated carbocycles. The number of carbonyl (C=O) groups excluding carboxylic acids is 1. The summed E-state index contributed by atoms with van der Waals surface area (Å²) in [6.45, 7) is 0. The Balaban J connectivity index is 1.49. The molecule has 0 saturated heterocycles. The van der Waals surface area contributed by atoms with Crippen molar-refractivity contribution in [2.45, 2.75) is 11.4 Å². The molecule has 1 amide bonds. The maximum Gasteiger partial charge on any atom is 0.237 e. The lowest BCUT2D eigenvalue weighted by atomic mass is 10.0. The first-order valence-electron chi connectivity index (χ1n) is 11.4. The Morgan fingerprint density at radius 3 is 2.47 bits per heavy atom. The van der Waals surface area contributed by atoms with Crippen LogP contribution in [0.25, 0.3) is 11.4 Å². The van der Waals surface area contributed by atoms with Crippen molar-refractivity contribution in [3.63, 3.8) is 0 Å². The first-order valence-corrected chi connectivity index (χ1v) is 12.4. The third kappa shape index (κ3) is 4.72. The van der Waals surface area contributed by atoms with Crippen LogP contribution in [0.1, 0.15) is 11.1 Å². The maximum atomic E-state index is 13.0. The molecular weight excluding hydrogens is 474 g/mol. The molecule has 5 rings (SSSR count). The molecule has 2 heterocycles. The van der Waals surface area contributed by atoms with Gasteiger partial charge in [-0.3, -0.25) is 4.79 Å². The molecular formula is C28H25N3O4S. The molecule has 0 unspecified atom stereocenters. The molecule has 7 nitrogen and oxygen atoms in total. The summed E-state index contributed by atoms with van der Waals surface area (Å²) >= 11 is 1.39. The Morgan fingerprint density at radius 2 is 1.75 bits per heavy atom. The van der Waals surface area contributed by atoms with Gasteiger partial charge in [-0.05, 0) is 42.5 Å². The molecule has 3 aromatic carbocycles. The molecule has 0 aliphatic carbocycles. The molecule has 0 atom stereocenters. The van der Waals surface area contributed by atoms with Crippen molar-refractivity contribution >= 4 is 23.4 Å². The van der Waals surface area contributed by atoms with E-state index in [9.17, 15) is 4.79 Å². The SMILES string of the molecule is COc1ccc(-c2nc3c(c(SCC(=O)N(C)c4ccccc4)n2)Cc2cccc(OC)c2O3)cc1. The molecule has 0 radical (unpaired) electrons. The van der Waals surface area contributed by atoms with Gasteiger partial charge < -0.3 is 19.1 Å². The van der Waals surface area contributed by atoms with Crippen LogP contribution in [0.5, 0.6) is 23.1 Å². The average molecular weight is 500 g/mol. The quantitative estimate of drug-likeness (QED) is 0.213. The van der Waals surface area contributed by atoms with Crippen molar-refractivity contribution in [2.75, 3.05) is 31.9 Å². The number of nitrogens with zero attached hydrogens (tertiary/aromatic N) is 3. The number of hydrogen-bond donors (Lipinski definition) is 0. The fourth-order valence-corrected chi connectivity index (χ4v) is 4.89. The van der Waals surface area contributed by atoms with E-state index in [1.807, 2.05) is 72.8 Å².